The number of amides is 2. The van der Waals surface area contributed by atoms with Gasteiger partial charge in [0.2, 0.25) is 0 Å². The summed E-state index contributed by atoms with van der Waals surface area (Å²) in [5.41, 5.74) is 1.09. The number of ether oxygens (including phenoxy) is 15. The highest BCUT2D eigenvalue weighted by molar-refractivity contribution is 5.70. The molecule has 12 rings (SSSR count). The van der Waals surface area contributed by atoms with Crippen LogP contribution >= 0.6 is 0 Å². The van der Waals surface area contributed by atoms with Crippen molar-refractivity contribution in [1.29, 1.82) is 0 Å². The number of para-hydroxylation sites is 3. The molecular weight excluding hydrogens is 1290 g/mol. The molecule has 10 aliphatic heterocycles. The quantitative estimate of drug-likeness (QED) is 0.257. The van der Waals surface area contributed by atoms with Crippen molar-refractivity contribution >= 4 is 12.2 Å². The second-order valence-electron chi connectivity index (χ2n) is 28.9. The van der Waals surface area contributed by atoms with Gasteiger partial charge in [0, 0.05) is 83.7 Å². The van der Waals surface area contributed by atoms with E-state index in [1.807, 2.05) is 97.9 Å². The number of morpholine rings is 3. The molecule has 582 valence electrons. The third-order valence-corrected chi connectivity index (χ3v) is 17.3. The van der Waals surface area contributed by atoms with Crippen LogP contribution in [0, 0.1) is 17.8 Å². The Labute approximate surface area is 610 Å². The minimum Gasteiger partial charge on any atom is -0.486 e. The molecule has 22 heteroatoms. The summed E-state index contributed by atoms with van der Waals surface area (Å²) in [5, 5.41) is 0. The van der Waals surface area contributed by atoms with Crippen LogP contribution in [0.1, 0.15) is 155 Å². The molecule has 9 saturated heterocycles. The van der Waals surface area contributed by atoms with Gasteiger partial charge in [-0.2, -0.15) is 0 Å². The van der Waals surface area contributed by atoms with Crippen molar-refractivity contribution in [2.75, 3.05) is 172 Å². The Bertz CT molecular complexity index is 2390. The van der Waals surface area contributed by atoms with E-state index in [0.29, 0.717) is 49.3 Å². The van der Waals surface area contributed by atoms with Crippen molar-refractivity contribution < 1.29 is 80.6 Å². The Morgan fingerprint density at radius 2 is 0.990 bits per heavy atom. The highest BCUT2D eigenvalue weighted by Crippen LogP contribution is 2.31. The first-order valence-electron chi connectivity index (χ1n) is 37.7. The van der Waals surface area contributed by atoms with Gasteiger partial charge in [0.25, 0.3) is 0 Å². The summed E-state index contributed by atoms with van der Waals surface area (Å²) in [7, 11) is 3.77. The molecule has 22 nitrogen and oxygen atoms in total. The number of piperidine rings is 2. The molecule has 0 radical (unpaired) electrons. The van der Waals surface area contributed by atoms with E-state index in [1.54, 1.807) is 29.0 Å². The lowest BCUT2D eigenvalue weighted by atomic mass is 10.00. The van der Waals surface area contributed by atoms with Gasteiger partial charge >= 0.3 is 12.2 Å². The Kier molecular flexibility index (Phi) is 47.3. The predicted molar refractivity (Wildman–Crippen MR) is 400 cm³/mol. The molecular formula is C79H139N5O17. The summed E-state index contributed by atoms with van der Waals surface area (Å²) in [6, 6.07) is 16.9. The monoisotopic (exact) mass is 1430 g/mol. The lowest BCUT2D eigenvalue weighted by Gasteiger charge is -2.33. The zero-order valence-corrected chi connectivity index (χ0v) is 65.8. The molecule has 10 aliphatic rings. The van der Waals surface area contributed by atoms with Crippen LogP contribution in [0.15, 0.2) is 79.3 Å². The normalized spacial score (nSPS) is 25.3. The number of hydrogen-bond donors (Lipinski definition) is 0. The van der Waals surface area contributed by atoms with Gasteiger partial charge < -0.3 is 95.6 Å². The second kappa shape index (κ2) is 52.9. The van der Waals surface area contributed by atoms with Gasteiger partial charge in [-0.15, -0.1) is 0 Å². The maximum atomic E-state index is 11.8. The van der Waals surface area contributed by atoms with Crippen LogP contribution in [-0.2, 0) is 56.8 Å². The molecule has 0 aromatic heterocycles. The van der Waals surface area contributed by atoms with E-state index >= 15 is 0 Å². The van der Waals surface area contributed by atoms with Crippen LogP contribution in [-0.4, -0.2) is 263 Å². The van der Waals surface area contributed by atoms with E-state index in [-0.39, 0.29) is 42.2 Å². The minimum absolute atomic E-state index is 0.00755. The molecule has 0 saturated carbocycles. The van der Waals surface area contributed by atoms with Gasteiger partial charge in [0.1, 0.15) is 18.5 Å². The molecule has 2 amide bonds. The fraction of sp³-hybridized carbons (Fsp3) is 0.772. The van der Waals surface area contributed by atoms with Crippen LogP contribution in [0.25, 0.3) is 0 Å². The van der Waals surface area contributed by atoms with E-state index < -0.39 is 0 Å². The molecule has 0 N–H and O–H groups in total. The molecule has 10 heterocycles. The van der Waals surface area contributed by atoms with Gasteiger partial charge in [0.05, 0.1) is 135 Å². The molecule has 0 unspecified atom stereocenters. The largest absolute Gasteiger partial charge is 0.486 e. The highest BCUT2D eigenvalue weighted by atomic mass is 16.6. The van der Waals surface area contributed by atoms with E-state index in [9.17, 15) is 9.59 Å². The highest BCUT2D eigenvalue weighted by Gasteiger charge is 2.27. The number of carbonyl (C=O) groups excluding carboxylic acids is 2. The van der Waals surface area contributed by atoms with Crippen molar-refractivity contribution in [3.05, 3.63) is 79.3 Å². The molecule has 0 bridgehead atoms. The second-order valence-corrected chi connectivity index (χ2v) is 28.9. The number of benzene rings is 2. The smallest absolute Gasteiger partial charge is 0.415 e. The van der Waals surface area contributed by atoms with Crippen molar-refractivity contribution in [2.24, 2.45) is 17.8 Å². The summed E-state index contributed by atoms with van der Waals surface area (Å²) < 4.78 is 79.2. The Balaban J connectivity index is 0.000000294. The molecule has 0 spiro atoms. The van der Waals surface area contributed by atoms with Crippen LogP contribution in [0.3, 0.4) is 0 Å². The number of methoxy groups -OCH3 is 1. The van der Waals surface area contributed by atoms with Crippen molar-refractivity contribution in [2.45, 2.75) is 210 Å². The third kappa shape index (κ3) is 43.8. The third-order valence-electron chi connectivity index (χ3n) is 17.3. The van der Waals surface area contributed by atoms with Gasteiger partial charge in [0.15, 0.2) is 17.4 Å². The Morgan fingerprint density at radius 3 is 1.47 bits per heavy atom. The van der Waals surface area contributed by atoms with Crippen molar-refractivity contribution in [3.8, 4) is 17.2 Å². The van der Waals surface area contributed by atoms with Crippen LogP contribution in [0.5, 0.6) is 17.2 Å². The van der Waals surface area contributed by atoms with Crippen LogP contribution < -0.4 is 14.2 Å². The lowest BCUT2D eigenvalue weighted by molar-refractivity contribution is -0.169. The van der Waals surface area contributed by atoms with Crippen LogP contribution in [0.4, 0.5) is 9.59 Å². The van der Waals surface area contributed by atoms with E-state index in [1.165, 1.54) is 25.7 Å². The van der Waals surface area contributed by atoms with Gasteiger partial charge in [-0.1, -0.05) is 70.5 Å². The summed E-state index contributed by atoms with van der Waals surface area (Å²) >= 11 is 0. The van der Waals surface area contributed by atoms with Crippen LogP contribution in [0.2, 0.25) is 0 Å². The average molecular weight is 1430 g/mol. The number of likely N-dealkylation sites (N-methyl/N-ethyl adjacent to an activating group) is 1. The Hall–Kier alpha value is -4.98. The first kappa shape index (κ1) is 90.2. The lowest BCUT2D eigenvalue weighted by Crippen LogP contribution is -2.41. The molecule has 2 aromatic carbocycles. The van der Waals surface area contributed by atoms with Crippen molar-refractivity contribution in [1.82, 2.24) is 24.5 Å². The van der Waals surface area contributed by atoms with E-state index in [0.717, 1.165) is 205 Å². The fourth-order valence-electron chi connectivity index (χ4n) is 11.0. The topological polar surface area (TPSA) is 189 Å². The van der Waals surface area contributed by atoms with Gasteiger partial charge in [-0.05, 0) is 171 Å². The number of fused-ring (bicyclic) bond motifs is 1. The summed E-state index contributed by atoms with van der Waals surface area (Å²) in [4.78, 5) is 33.4. The number of likely N-dealkylation sites (tertiary alicyclic amines) is 2. The first-order valence-corrected chi connectivity index (χ1v) is 37.7. The maximum absolute atomic E-state index is 11.8. The number of rotatable bonds is 5. The fourth-order valence-corrected chi connectivity index (χ4v) is 11.0. The molecule has 7 atom stereocenters. The predicted octanol–water partition coefficient (Wildman–Crippen LogP) is 13.7. The van der Waals surface area contributed by atoms with E-state index in [2.05, 4.69) is 83.4 Å². The summed E-state index contributed by atoms with van der Waals surface area (Å²) in [6.45, 7) is 59.0. The van der Waals surface area contributed by atoms with Crippen molar-refractivity contribution in [3.63, 3.8) is 0 Å². The minimum atomic E-state index is -0.224. The number of allylic oxidation sites excluding steroid dienone is 1. The summed E-state index contributed by atoms with van der Waals surface area (Å²) in [6.07, 6.45) is 11.6. The average Bonchev–Trinajstić information content (AvgIpc) is 1.55. The molecule has 0 aliphatic carbocycles. The zero-order chi connectivity index (χ0) is 74.4. The molecule has 2 aromatic rings. The van der Waals surface area contributed by atoms with Gasteiger partial charge in [-0.3, -0.25) is 0 Å². The Morgan fingerprint density at radius 1 is 0.485 bits per heavy atom. The maximum Gasteiger partial charge on any atom is 0.415 e. The standard InChI is InChI=1S/C13H17NO2.C10H19NO2.C9H10O2.C8H15NO2.C8H15NO.C7H14O2.C7H14O.C6H13NO.C6H12O2.C5H10O2/c1-11-7-9-14(10-8-11)13(15)16-12-5-3-2-4-6-12;1-8(2)13-10(12)11-6-4-9(3)5-7-11;1-7-6-10-8-4-2-3-5-9(8)11-7;1-7-6-9(4-5-11-7)8(2)10-3;1-7(2)9-4-5-10-8(3)6-9;1-6-4-9-7(2,3)5-8-6;1-7-5-3-2-4-6-8-7;1-6-5-7(2)3-4-8-6;1-6-4-7-2-3-8-5-6;1-5-4-6-2-3-7-5/h2-6,11H,7-10H2,1H3;8-9H,4-7H2,1-3H3;2-5,7H,6H2,1H3;7H,2,4-6H2,1,3H3;8H,1,4-6H2,2-3H3;6H,4-5H2,1-3H3;7H,2-6H2,1H3;6H,3-5H2,1-2H3;6H,2-5H2,1H3;5H,2-4H2,1H3/t;;2*7-;8-;6-;7-;6-;;5-/m..000000.0/s1. The first-order chi connectivity index (χ1) is 48.2. The summed E-state index contributed by atoms with van der Waals surface area (Å²) in [5.74, 6) is 5.12. The zero-order valence-electron chi connectivity index (χ0n) is 65.8. The molecule has 9 fully saturated rings. The van der Waals surface area contributed by atoms with Gasteiger partial charge in [-0.25, -0.2) is 9.59 Å². The number of nitrogens with zero attached hydrogens (tertiary/aromatic N) is 5. The SMILES string of the molecule is C=C(C)N1CCO[C@@H](C)C1.C=C(OC)N1CCO[C@@H](C)C1.CC1CCN(C(=O)OC(C)C)CC1.CC1CCN(C(=O)Oc2ccccc2)CC1.CC1COCCOC1.C[C@H]1CCCCCO1.C[C@H]1CN(C)CCO1.C[C@H]1COC(C)(C)CO1.C[C@H]1COCCO1.C[C@H]1COc2ccccc2O1. The molecule has 101 heavy (non-hydrogen) atoms. The number of hydrogen-bond acceptors (Lipinski definition) is 20. The number of carbonyl (C=O) groups is 2. The van der Waals surface area contributed by atoms with E-state index in [4.69, 9.17) is 71.1 Å².